The smallest absolute Gasteiger partial charge is 0.191 e. The van der Waals surface area contributed by atoms with Gasteiger partial charge >= 0.3 is 0 Å². The van der Waals surface area contributed by atoms with Gasteiger partial charge in [0, 0.05) is 45.0 Å². The largest absolute Gasteiger partial charge is 0.357 e. The molecule has 0 radical (unpaired) electrons. The molecule has 2 rings (SSSR count). The zero-order valence-electron chi connectivity index (χ0n) is 18.8. The topological polar surface area (TPSA) is 57.5 Å². The Bertz CT molecular complexity index is 584. The van der Waals surface area contributed by atoms with E-state index in [1.54, 1.807) is 0 Å². The molecule has 0 aliphatic carbocycles. The predicted octanol–water partition coefficient (Wildman–Crippen LogP) is 3.20. The van der Waals surface area contributed by atoms with Crippen molar-refractivity contribution in [1.29, 1.82) is 0 Å². The molecule has 6 nitrogen and oxygen atoms in total. The van der Waals surface area contributed by atoms with Crippen molar-refractivity contribution in [3.63, 3.8) is 0 Å². The van der Waals surface area contributed by atoms with Crippen LogP contribution >= 0.6 is 0 Å². The molecular formula is C22H42N6. The van der Waals surface area contributed by atoms with Crippen LogP contribution in [0.1, 0.15) is 57.8 Å². The van der Waals surface area contributed by atoms with E-state index in [4.69, 9.17) is 4.99 Å². The Labute approximate surface area is 172 Å². The van der Waals surface area contributed by atoms with Gasteiger partial charge in [-0.3, -0.25) is 9.67 Å². The van der Waals surface area contributed by atoms with E-state index in [2.05, 4.69) is 59.1 Å². The van der Waals surface area contributed by atoms with Crippen molar-refractivity contribution < 1.29 is 0 Å². The second-order valence-electron chi connectivity index (χ2n) is 8.60. The Kier molecular flexibility index (Phi) is 9.82. The van der Waals surface area contributed by atoms with Crippen molar-refractivity contribution in [2.75, 3.05) is 39.3 Å². The maximum absolute atomic E-state index is 4.72. The standard InChI is InChI=1S/C22H42N6/c1-6-23-22(25-11-9-13-28-21(5)15-20(4)26-28)24-10-7-8-12-27-16-18(2)14-19(3)17-27/h15,18-19H,6-14,16-17H2,1-5H3,(H2,23,24,25). The first-order valence-corrected chi connectivity index (χ1v) is 11.2. The molecule has 1 aromatic rings. The summed E-state index contributed by atoms with van der Waals surface area (Å²) in [7, 11) is 0. The number of aryl methyl sites for hydroxylation is 3. The highest BCUT2D eigenvalue weighted by molar-refractivity contribution is 5.79. The van der Waals surface area contributed by atoms with Gasteiger partial charge in [0.15, 0.2) is 5.96 Å². The number of rotatable bonds is 10. The van der Waals surface area contributed by atoms with Gasteiger partial charge in [-0.05, 0) is 70.9 Å². The average Bonchev–Trinajstić information content (AvgIpc) is 2.94. The number of likely N-dealkylation sites (tertiary alicyclic amines) is 1. The molecule has 2 atom stereocenters. The molecule has 160 valence electrons. The Morgan fingerprint density at radius 3 is 2.50 bits per heavy atom. The van der Waals surface area contributed by atoms with Crippen LogP contribution < -0.4 is 10.6 Å². The molecule has 2 unspecified atom stereocenters. The molecule has 0 spiro atoms. The number of guanidine groups is 1. The lowest BCUT2D eigenvalue weighted by atomic mass is 9.92. The predicted molar refractivity (Wildman–Crippen MR) is 119 cm³/mol. The average molecular weight is 391 g/mol. The summed E-state index contributed by atoms with van der Waals surface area (Å²) < 4.78 is 2.08. The van der Waals surface area contributed by atoms with Gasteiger partial charge in [-0.1, -0.05) is 13.8 Å². The number of nitrogens with zero attached hydrogens (tertiary/aromatic N) is 4. The molecule has 0 bridgehead atoms. The van der Waals surface area contributed by atoms with Gasteiger partial charge in [0.25, 0.3) is 0 Å². The third kappa shape index (κ3) is 8.21. The van der Waals surface area contributed by atoms with E-state index < -0.39 is 0 Å². The Hall–Kier alpha value is -1.56. The van der Waals surface area contributed by atoms with E-state index in [1.165, 1.54) is 44.6 Å². The van der Waals surface area contributed by atoms with E-state index >= 15 is 0 Å². The maximum atomic E-state index is 4.72. The Morgan fingerprint density at radius 2 is 1.86 bits per heavy atom. The monoisotopic (exact) mass is 390 g/mol. The van der Waals surface area contributed by atoms with Crippen LogP contribution in [0.25, 0.3) is 0 Å². The van der Waals surface area contributed by atoms with Crippen LogP contribution in [0.5, 0.6) is 0 Å². The summed E-state index contributed by atoms with van der Waals surface area (Å²) in [6.07, 6.45) is 4.84. The first kappa shape index (κ1) is 22.7. The summed E-state index contributed by atoms with van der Waals surface area (Å²) in [4.78, 5) is 7.37. The minimum absolute atomic E-state index is 0.817. The maximum Gasteiger partial charge on any atom is 0.191 e. The fourth-order valence-electron chi connectivity index (χ4n) is 4.30. The van der Waals surface area contributed by atoms with Gasteiger partial charge in [0.05, 0.1) is 5.69 Å². The van der Waals surface area contributed by atoms with E-state index in [0.29, 0.717) is 0 Å². The van der Waals surface area contributed by atoms with Crippen molar-refractivity contribution in [2.45, 2.75) is 66.8 Å². The molecule has 1 saturated heterocycles. The van der Waals surface area contributed by atoms with Crippen molar-refractivity contribution in [3.8, 4) is 0 Å². The lowest BCUT2D eigenvalue weighted by Crippen LogP contribution is -2.40. The summed E-state index contributed by atoms with van der Waals surface area (Å²) in [6, 6.07) is 2.13. The zero-order chi connectivity index (χ0) is 20.4. The van der Waals surface area contributed by atoms with Crippen molar-refractivity contribution in [1.82, 2.24) is 25.3 Å². The van der Waals surface area contributed by atoms with Crippen LogP contribution in [0.2, 0.25) is 0 Å². The molecule has 1 aromatic heterocycles. The lowest BCUT2D eigenvalue weighted by molar-refractivity contribution is 0.139. The molecule has 1 aliphatic rings. The quantitative estimate of drug-likeness (QED) is 0.366. The van der Waals surface area contributed by atoms with Crippen LogP contribution in [0.15, 0.2) is 11.1 Å². The van der Waals surface area contributed by atoms with E-state index in [1.807, 2.05) is 6.92 Å². The van der Waals surface area contributed by atoms with Crippen molar-refractivity contribution in [3.05, 3.63) is 17.5 Å². The normalized spacial score (nSPS) is 21.1. The van der Waals surface area contributed by atoms with Gasteiger partial charge < -0.3 is 15.5 Å². The summed E-state index contributed by atoms with van der Waals surface area (Å²) >= 11 is 0. The van der Waals surface area contributed by atoms with Gasteiger partial charge in [-0.25, -0.2) is 0 Å². The van der Waals surface area contributed by atoms with E-state index in [0.717, 1.165) is 56.1 Å². The van der Waals surface area contributed by atoms with Crippen LogP contribution in [0.4, 0.5) is 0 Å². The molecule has 6 heteroatoms. The summed E-state index contributed by atoms with van der Waals surface area (Å²) in [5.74, 6) is 2.64. The SMILES string of the molecule is CCNC(=NCCCn1nc(C)cc1C)NCCCCN1CC(C)CC(C)C1. The molecule has 1 fully saturated rings. The summed E-state index contributed by atoms with van der Waals surface area (Å²) in [6.45, 7) is 18.5. The molecule has 0 saturated carbocycles. The number of hydrogen-bond acceptors (Lipinski definition) is 3. The molecule has 1 aliphatic heterocycles. The second kappa shape index (κ2) is 12.1. The van der Waals surface area contributed by atoms with Crippen LogP contribution in [0.3, 0.4) is 0 Å². The molecule has 28 heavy (non-hydrogen) atoms. The fourth-order valence-corrected chi connectivity index (χ4v) is 4.30. The lowest BCUT2D eigenvalue weighted by Gasteiger charge is -2.34. The number of unbranched alkanes of at least 4 members (excludes halogenated alkanes) is 1. The minimum Gasteiger partial charge on any atom is -0.357 e. The van der Waals surface area contributed by atoms with Gasteiger partial charge in [-0.2, -0.15) is 5.10 Å². The first-order valence-electron chi connectivity index (χ1n) is 11.2. The third-order valence-corrected chi connectivity index (χ3v) is 5.38. The van der Waals surface area contributed by atoms with Gasteiger partial charge in [-0.15, -0.1) is 0 Å². The van der Waals surface area contributed by atoms with E-state index in [9.17, 15) is 0 Å². The van der Waals surface area contributed by atoms with E-state index in [-0.39, 0.29) is 0 Å². The highest BCUT2D eigenvalue weighted by Gasteiger charge is 2.20. The highest BCUT2D eigenvalue weighted by Crippen LogP contribution is 2.20. The number of nitrogens with one attached hydrogen (secondary N) is 2. The number of aliphatic imine (C=N–C) groups is 1. The molecule has 0 amide bonds. The molecule has 2 N–H and O–H groups in total. The number of piperidine rings is 1. The minimum atomic E-state index is 0.817. The fraction of sp³-hybridized carbons (Fsp3) is 0.818. The summed E-state index contributed by atoms with van der Waals surface area (Å²) in [5, 5.41) is 11.4. The van der Waals surface area contributed by atoms with Gasteiger partial charge in [0.1, 0.15) is 0 Å². The van der Waals surface area contributed by atoms with Crippen LogP contribution in [0, 0.1) is 25.7 Å². The Balaban J connectivity index is 1.62. The van der Waals surface area contributed by atoms with Gasteiger partial charge in [0.2, 0.25) is 0 Å². The molecule has 0 aromatic carbocycles. The third-order valence-electron chi connectivity index (χ3n) is 5.38. The molecule has 2 heterocycles. The highest BCUT2D eigenvalue weighted by atomic mass is 15.3. The second-order valence-corrected chi connectivity index (χ2v) is 8.60. The zero-order valence-corrected chi connectivity index (χ0v) is 18.8. The summed E-state index contributed by atoms with van der Waals surface area (Å²) in [5.41, 5.74) is 2.31. The van der Waals surface area contributed by atoms with Crippen molar-refractivity contribution >= 4 is 5.96 Å². The van der Waals surface area contributed by atoms with Crippen LogP contribution in [-0.4, -0.2) is 59.9 Å². The van der Waals surface area contributed by atoms with Crippen LogP contribution in [-0.2, 0) is 6.54 Å². The Morgan fingerprint density at radius 1 is 1.11 bits per heavy atom. The number of hydrogen-bond donors (Lipinski definition) is 2. The molecular weight excluding hydrogens is 348 g/mol. The van der Waals surface area contributed by atoms with Crippen molar-refractivity contribution in [2.24, 2.45) is 16.8 Å². The number of aromatic nitrogens is 2. The first-order chi connectivity index (χ1) is 13.5.